The van der Waals surface area contributed by atoms with Gasteiger partial charge < -0.3 is 0 Å². The van der Waals surface area contributed by atoms with Gasteiger partial charge >= 0.3 is 0 Å². The molecule has 7 heteroatoms. The Morgan fingerprint density at radius 1 is 1.37 bits per heavy atom. The Morgan fingerprint density at radius 3 is 2.79 bits per heavy atom. The number of hydrogen-bond acceptors (Lipinski definition) is 3. The molecule has 19 heavy (non-hydrogen) atoms. The second-order valence-electron chi connectivity index (χ2n) is 3.73. The predicted octanol–water partition coefficient (Wildman–Crippen LogP) is 1.78. The molecule has 0 N–H and O–H groups in total. The van der Waals surface area contributed by atoms with Crippen LogP contribution < -0.4 is 0 Å². The maximum absolute atomic E-state index is 13.5. The molecule has 100 valence electrons. The van der Waals surface area contributed by atoms with Crippen LogP contribution in [0.1, 0.15) is 10.5 Å². The van der Waals surface area contributed by atoms with Gasteiger partial charge in [0.25, 0.3) is 5.91 Å². The number of aromatic nitrogens is 2. The Bertz CT molecular complexity index is 613. The number of hydroxylamine groups is 2. The van der Waals surface area contributed by atoms with Crippen LogP contribution in [-0.2, 0) is 4.84 Å². The number of carbonyl (C=O) groups is 1. The molecule has 0 saturated carbocycles. The van der Waals surface area contributed by atoms with Gasteiger partial charge in [0.15, 0.2) is 5.69 Å². The molecule has 0 unspecified atom stereocenters. The lowest BCUT2D eigenvalue weighted by Gasteiger charge is -2.11. The largest absolute Gasteiger partial charge is 0.297 e. The van der Waals surface area contributed by atoms with E-state index < -0.39 is 17.5 Å². The normalized spacial score (nSPS) is 10.5. The third-order valence-corrected chi connectivity index (χ3v) is 2.52. The smallest absolute Gasteiger partial charge is 0.274 e. The summed E-state index contributed by atoms with van der Waals surface area (Å²) in [6.07, 6.45) is 1.37. The number of hydrogen-bond donors (Lipinski definition) is 0. The third kappa shape index (κ3) is 2.60. The average molecular weight is 267 g/mol. The highest BCUT2D eigenvalue weighted by Gasteiger charge is 2.16. The standard InChI is InChI=1S/C12H11F2N3O2/c1-16(19-2)12(18)10-5-6-17(15-10)11-7-8(13)3-4-9(11)14/h3-7H,1-2H3. The minimum atomic E-state index is -0.636. The van der Waals surface area contributed by atoms with Crippen molar-refractivity contribution in [2.24, 2.45) is 0 Å². The molecule has 0 spiro atoms. The van der Waals surface area contributed by atoms with Gasteiger partial charge in [0.1, 0.15) is 17.3 Å². The zero-order valence-corrected chi connectivity index (χ0v) is 10.3. The summed E-state index contributed by atoms with van der Waals surface area (Å²) in [5.41, 5.74) is -0.00729. The van der Waals surface area contributed by atoms with Crippen molar-refractivity contribution in [3.8, 4) is 5.69 Å². The SMILES string of the molecule is CON(C)C(=O)c1ccn(-c2cc(F)ccc2F)n1. The highest BCUT2D eigenvalue weighted by molar-refractivity contribution is 5.91. The van der Waals surface area contributed by atoms with E-state index in [0.29, 0.717) is 0 Å². The van der Waals surface area contributed by atoms with Gasteiger partial charge in [-0.2, -0.15) is 5.10 Å². The molecule has 1 aromatic carbocycles. The van der Waals surface area contributed by atoms with Crippen LogP contribution in [0, 0.1) is 11.6 Å². The number of rotatable bonds is 3. The van der Waals surface area contributed by atoms with Gasteiger partial charge in [0.05, 0.1) is 7.11 Å². The number of nitrogens with zero attached hydrogens (tertiary/aromatic N) is 3. The number of carbonyl (C=O) groups excluding carboxylic acids is 1. The van der Waals surface area contributed by atoms with Gasteiger partial charge in [-0.25, -0.2) is 18.5 Å². The Hall–Kier alpha value is -2.28. The monoisotopic (exact) mass is 267 g/mol. The van der Waals surface area contributed by atoms with Crippen LogP contribution in [0.4, 0.5) is 8.78 Å². The highest BCUT2D eigenvalue weighted by Crippen LogP contribution is 2.15. The molecule has 2 aromatic rings. The molecule has 0 atom stereocenters. The van der Waals surface area contributed by atoms with E-state index in [-0.39, 0.29) is 11.4 Å². The number of benzene rings is 1. The van der Waals surface area contributed by atoms with Crippen molar-refractivity contribution >= 4 is 5.91 Å². The molecule has 0 radical (unpaired) electrons. The molecule has 1 heterocycles. The van der Waals surface area contributed by atoms with Gasteiger partial charge in [0, 0.05) is 19.3 Å². The van der Waals surface area contributed by atoms with E-state index in [9.17, 15) is 13.6 Å². The predicted molar refractivity (Wildman–Crippen MR) is 62.6 cm³/mol. The van der Waals surface area contributed by atoms with Gasteiger partial charge in [-0.05, 0) is 18.2 Å². The Morgan fingerprint density at radius 2 is 2.11 bits per heavy atom. The summed E-state index contributed by atoms with van der Waals surface area (Å²) in [4.78, 5) is 16.5. The molecule has 5 nitrogen and oxygen atoms in total. The van der Waals surface area contributed by atoms with Crippen LogP contribution in [0.5, 0.6) is 0 Å². The molecule has 0 aliphatic heterocycles. The second kappa shape index (κ2) is 5.15. The van der Waals surface area contributed by atoms with E-state index in [4.69, 9.17) is 4.84 Å². The van der Waals surface area contributed by atoms with Gasteiger partial charge in [-0.3, -0.25) is 9.63 Å². The van der Waals surface area contributed by atoms with Crippen molar-refractivity contribution < 1.29 is 18.4 Å². The quantitative estimate of drug-likeness (QED) is 0.796. The fraction of sp³-hybridized carbons (Fsp3) is 0.167. The molecule has 2 rings (SSSR count). The molecule has 0 saturated heterocycles. The molecule has 1 aromatic heterocycles. The van der Waals surface area contributed by atoms with Crippen molar-refractivity contribution in [1.82, 2.24) is 14.8 Å². The molecule has 1 amide bonds. The summed E-state index contributed by atoms with van der Waals surface area (Å²) in [6.45, 7) is 0. The lowest BCUT2D eigenvalue weighted by Crippen LogP contribution is -2.25. The molecule has 0 fully saturated rings. The van der Waals surface area contributed by atoms with E-state index in [1.54, 1.807) is 0 Å². The van der Waals surface area contributed by atoms with Crippen molar-refractivity contribution in [3.63, 3.8) is 0 Å². The van der Waals surface area contributed by atoms with Crippen molar-refractivity contribution in [1.29, 1.82) is 0 Å². The van der Waals surface area contributed by atoms with Gasteiger partial charge in [0.2, 0.25) is 0 Å². The first-order valence-corrected chi connectivity index (χ1v) is 5.36. The third-order valence-electron chi connectivity index (χ3n) is 2.52. The van der Waals surface area contributed by atoms with Crippen molar-refractivity contribution in [2.45, 2.75) is 0 Å². The van der Waals surface area contributed by atoms with Crippen molar-refractivity contribution in [2.75, 3.05) is 14.2 Å². The van der Waals surface area contributed by atoms with E-state index in [0.717, 1.165) is 27.9 Å². The first-order valence-electron chi connectivity index (χ1n) is 5.36. The van der Waals surface area contributed by atoms with Crippen LogP contribution in [0.3, 0.4) is 0 Å². The van der Waals surface area contributed by atoms with E-state index >= 15 is 0 Å². The Kier molecular flexibility index (Phi) is 3.57. The molecular formula is C12H11F2N3O2. The average Bonchev–Trinajstić information content (AvgIpc) is 2.89. The minimum Gasteiger partial charge on any atom is -0.274 e. The van der Waals surface area contributed by atoms with Crippen LogP contribution in [0.25, 0.3) is 5.69 Å². The van der Waals surface area contributed by atoms with E-state index in [1.165, 1.54) is 26.4 Å². The summed E-state index contributed by atoms with van der Waals surface area (Å²) in [5.74, 6) is -1.71. The fourth-order valence-electron chi connectivity index (χ4n) is 1.48. The minimum absolute atomic E-state index is 0.0630. The van der Waals surface area contributed by atoms with Gasteiger partial charge in [-0.15, -0.1) is 0 Å². The summed E-state index contributed by atoms with van der Waals surface area (Å²) in [6, 6.07) is 4.39. The zero-order valence-electron chi connectivity index (χ0n) is 10.3. The number of amides is 1. The van der Waals surface area contributed by atoms with E-state index in [1.807, 2.05) is 0 Å². The van der Waals surface area contributed by atoms with Crippen LogP contribution in [0.15, 0.2) is 30.5 Å². The first kappa shape index (κ1) is 13.2. The van der Waals surface area contributed by atoms with Gasteiger partial charge in [-0.1, -0.05) is 0 Å². The summed E-state index contributed by atoms with van der Waals surface area (Å²) < 4.78 is 27.7. The summed E-state index contributed by atoms with van der Waals surface area (Å²) in [7, 11) is 2.76. The van der Waals surface area contributed by atoms with Crippen LogP contribution >= 0.6 is 0 Å². The first-order chi connectivity index (χ1) is 9.02. The zero-order chi connectivity index (χ0) is 14.0. The Labute approximate surface area is 108 Å². The maximum Gasteiger partial charge on any atom is 0.297 e. The number of halogens is 2. The van der Waals surface area contributed by atoms with Crippen LogP contribution in [0.2, 0.25) is 0 Å². The summed E-state index contributed by atoms with van der Waals surface area (Å²) >= 11 is 0. The van der Waals surface area contributed by atoms with Crippen molar-refractivity contribution in [3.05, 3.63) is 47.8 Å². The molecule has 0 bridgehead atoms. The fourth-order valence-corrected chi connectivity index (χ4v) is 1.48. The topological polar surface area (TPSA) is 47.4 Å². The van der Waals surface area contributed by atoms with E-state index in [2.05, 4.69) is 5.10 Å². The molecule has 0 aliphatic rings. The highest BCUT2D eigenvalue weighted by atomic mass is 19.1. The maximum atomic E-state index is 13.5. The summed E-state index contributed by atoms with van der Waals surface area (Å²) in [5, 5.41) is 4.87. The molecular weight excluding hydrogens is 256 g/mol. The van der Waals surface area contributed by atoms with Crippen LogP contribution in [-0.4, -0.2) is 34.9 Å². The molecule has 0 aliphatic carbocycles. The lowest BCUT2D eigenvalue weighted by atomic mass is 10.3. The lowest BCUT2D eigenvalue weighted by molar-refractivity contribution is -0.0760. The Balaban J connectivity index is 2.36. The second-order valence-corrected chi connectivity index (χ2v) is 3.73.